The van der Waals surface area contributed by atoms with Crippen molar-refractivity contribution in [3.63, 3.8) is 0 Å². The second kappa shape index (κ2) is 4.82. The fourth-order valence-corrected chi connectivity index (χ4v) is 1.30. The van der Waals surface area contributed by atoms with Crippen LogP contribution in [0.4, 0.5) is 0 Å². The van der Waals surface area contributed by atoms with Gasteiger partial charge in [0.2, 0.25) is 0 Å². The molecule has 0 aromatic rings. The third-order valence-corrected chi connectivity index (χ3v) is 2.23. The van der Waals surface area contributed by atoms with Gasteiger partial charge in [-0.15, -0.1) is 0 Å². The van der Waals surface area contributed by atoms with E-state index in [-0.39, 0.29) is 11.8 Å². The average molecular weight is 213 g/mol. The van der Waals surface area contributed by atoms with Crippen molar-refractivity contribution in [2.75, 3.05) is 6.61 Å². The highest BCUT2D eigenvalue weighted by Gasteiger charge is 2.25. The molecule has 0 fully saturated rings. The first kappa shape index (κ1) is 11.6. The van der Waals surface area contributed by atoms with E-state index < -0.39 is 12.0 Å². The van der Waals surface area contributed by atoms with E-state index in [1.807, 2.05) is 0 Å². The molecular weight excluding hydrogens is 198 g/mol. The summed E-state index contributed by atoms with van der Waals surface area (Å²) in [5.74, 6) is -1.51. The Labute approximate surface area is 88.1 Å². The predicted octanol–water partition coefficient (Wildman–Crippen LogP) is 0.516. The van der Waals surface area contributed by atoms with E-state index in [1.165, 1.54) is 6.26 Å². The first-order valence-corrected chi connectivity index (χ1v) is 4.86. The first-order chi connectivity index (χ1) is 7.02. The molecule has 0 spiro atoms. The van der Waals surface area contributed by atoms with Crippen molar-refractivity contribution in [1.82, 2.24) is 5.32 Å². The summed E-state index contributed by atoms with van der Waals surface area (Å²) in [7, 11) is 0. The van der Waals surface area contributed by atoms with Gasteiger partial charge in [-0.25, -0.2) is 4.79 Å². The molecule has 1 amide bonds. The number of amides is 1. The summed E-state index contributed by atoms with van der Waals surface area (Å²) in [4.78, 5) is 22.4. The molecule has 0 aromatic carbocycles. The maximum Gasteiger partial charge on any atom is 0.326 e. The number of hydrogen-bond donors (Lipinski definition) is 2. The molecule has 15 heavy (non-hydrogen) atoms. The second-order valence-corrected chi connectivity index (χ2v) is 3.80. The maximum atomic E-state index is 11.5. The highest BCUT2D eigenvalue weighted by Crippen LogP contribution is 2.11. The van der Waals surface area contributed by atoms with E-state index in [4.69, 9.17) is 9.84 Å². The molecule has 2 N–H and O–H groups in total. The number of hydrogen-bond acceptors (Lipinski definition) is 3. The molecular formula is C10H15NO4. The summed E-state index contributed by atoms with van der Waals surface area (Å²) >= 11 is 0. The highest BCUT2D eigenvalue weighted by molar-refractivity contribution is 5.96. The van der Waals surface area contributed by atoms with Crippen LogP contribution in [-0.2, 0) is 14.3 Å². The number of nitrogens with one attached hydrogen (secondary N) is 1. The standard InChI is InChI=1S/C10H15NO4/c1-6(2)8(10(13)14)11-9(12)7-3-4-15-5-7/h5-6,8H,3-4H2,1-2H3,(H,11,12)(H,13,14). The summed E-state index contributed by atoms with van der Waals surface area (Å²) < 4.78 is 4.91. The smallest absolute Gasteiger partial charge is 0.326 e. The molecule has 1 aliphatic heterocycles. The highest BCUT2D eigenvalue weighted by atomic mass is 16.5. The SMILES string of the molecule is CC(C)C(NC(=O)C1=COCC1)C(=O)O. The zero-order valence-corrected chi connectivity index (χ0v) is 8.82. The van der Waals surface area contributed by atoms with Crippen molar-refractivity contribution < 1.29 is 19.4 Å². The lowest BCUT2D eigenvalue weighted by Gasteiger charge is -2.17. The Hall–Kier alpha value is -1.52. The molecule has 1 heterocycles. The van der Waals surface area contributed by atoms with Crippen molar-refractivity contribution >= 4 is 11.9 Å². The van der Waals surface area contributed by atoms with Crippen LogP contribution in [0.2, 0.25) is 0 Å². The number of aliphatic carboxylic acids is 1. The van der Waals surface area contributed by atoms with Crippen LogP contribution in [0.1, 0.15) is 20.3 Å². The van der Waals surface area contributed by atoms with E-state index in [9.17, 15) is 9.59 Å². The summed E-state index contributed by atoms with van der Waals surface area (Å²) in [5.41, 5.74) is 0.502. The van der Waals surface area contributed by atoms with Gasteiger partial charge in [-0.2, -0.15) is 0 Å². The number of carbonyl (C=O) groups excluding carboxylic acids is 1. The van der Waals surface area contributed by atoms with Crippen LogP contribution >= 0.6 is 0 Å². The topological polar surface area (TPSA) is 75.6 Å². The largest absolute Gasteiger partial charge is 0.500 e. The zero-order valence-electron chi connectivity index (χ0n) is 8.82. The Morgan fingerprint density at radius 1 is 1.53 bits per heavy atom. The lowest BCUT2D eigenvalue weighted by Crippen LogP contribution is -2.44. The Bertz CT molecular complexity index is 296. The van der Waals surface area contributed by atoms with Crippen LogP contribution in [0.25, 0.3) is 0 Å². The molecule has 0 radical (unpaired) electrons. The van der Waals surface area contributed by atoms with Crippen molar-refractivity contribution in [3.8, 4) is 0 Å². The second-order valence-electron chi connectivity index (χ2n) is 3.80. The van der Waals surface area contributed by atoms with Crippen LogP contribution < -0.4 is 5.32 Å². The molecule has 1 atom stereocenters. The molecule has 0 aliphatic carbocycles. The summed E-state index contributed by atoms with van der Waals surface area (Å²) in [6, 6.07) is -0.848. The number of carboxylic acids is 1. The zero-order chi connectivity index (χ0) is 11.4. The minimum absolute atomic E-state index is 0.144. The maximum absolute atomic E-state index is 11.5. The van der Waals surface area contributed by atoms with Gasteiger partial charge in [0.15, 0.2) is 0 Å². The predicted molar refractivity (Wildman–Crippen MR) is 53.1 cm³/mol. The van der Waals surface area contributed by atoms with Crippen LogP contribution in [-0.4, -0.2) is 29.6 Å². The lowest BCUT2D eigenvalue weighted by molar-refractivity contribution is -0.142. The van der Waals surface area contributed by atoms with Gasteiger partial charge in [-0.05, 0) is 5.92 Å². The van der Waals surface area contributed by atoms with Crippen LogP contribution in [0, 0.1) is 5.92 Å². The number of carboxylic acid groups (broad SMARTS) is 1. The molecule has 1 aliphatic rings. The summed E-state index contributed by atoms with van der Waals surface area (Å²) in [6.45, 7) is 3.99. The molecule has 5 heteroatoms. The summed E-state index contributed by atoms with van der Waals surface area (Å²) in [6.07, 6.45) is 1.92. The first-order valence-electron chi connectivity index (χ1n) is 4.86. The van der Waals surface area contributed by atoms with Gasteiger partial charge < -0.3 is 15.2 Å². The van der Waals surface area contributed by atoms with Gasteiger partial charge in [0.1, 0.15) is 6.04 Å². The molecule has 0 aromatic heterocycles. The van der Waals surface area contributed by atoms with Crippen molar-refractivity contribution in [1.29, 1.82) is 0 Å². The fraction of sp³-hybridized carbons (Fsp3) is 0.600. The summed E-state index contributed by atoms with van der Waals surface area (Å²) in [5, 5.41) is 11.3. The van der Waals surface area contributed by atoms with Gasteiger partial charge >= 0.3 is 5.97 Å². The molecule has 0 saturated carbocycles. The molecule has 0 saturated heterocycles. The van der Waals surface area contributed by atoms with Gasteiger partial charge in [-0.3, -0.25) is 4.79 Å². The van der Waals surface area contributed by atoms with Crippen molar-refractivity contribution in [2.45, 2.75) is 26.3 Å². The van der Waals surface area contributed by atoms with Crippen molar-refractivity contribution in [2.24, 2.45) is 5.92 Å². The molecule has 84 valence electrons. The monoisotopic (exact) mass is 213 g/mol. The van der Waals surface area contributed by atoms with Gasteiger partial charge in [0.05, 0.1) is 18.4 Å². The van der Waals surface area contributed by atoms with Gasteiger partial charge in [0.25, 0.3) is 5.91 Å². The third kappa shape index (κ3) is 2.97. The number of rotatable bonds is 4. The normalized spacial score (nSPS) is 16.9. The van der Waals surface area contributed by atoms with E-state index in [0.29, 0.717) is 18.6 Å². The molecule has 5 nitrogen and oxygen atoms in total. The van der Waals surface area contributed by atoms with Crippen molar-refractivity contribution in [3.05, 3.63) is 11.8 Å². The average Bonchev–Trinajstić information content (AvgIpc) is 2.65. The van der Waals surface area contributed by atoms with E-state index in [1.54, 1.807) is 13.8 Å². The minimum Gasteiger partial charge on any atom is -0.500 e. The quantitative estimate of drug-likeness (QED) is 0.713. The fourth-order valence-electron chi connectivity index (χ4n) is 1.30. The molecule has 0 bridgehead atoms. The van der Waals surface area contributed by atoms with Crippen LogP contribution in [0.15, 0.2) is 11.8 Å². The van der Waals surface area contributed by atoms with E-state index in [2.05, 4.69) is 5.32 Å². The Balaban J connectivity index is 2.58. The van der Waals surface area contributed by atoms with Gasteiger partial charge in [-0.1, -0.05) is 13.8 Å². The van der Waals surface area contributed by atoms with E-state index in [0.717, 1.165) is 0 Å². The minimum atomic E-state index is -1.02. The Morgan fingerprint density at radius 3 is 2.60 bits per heavy atom. The van der Waals surface area contributed by atoms with Gasteiger partial charge in [0, 0.05) is 6.42 Å². The number of ether oxygens (including phenoxy) is 1. The number of carbonyl (C=O) groups is 2. The Kier molecular flexibility index (Phi) is 3.71. The van der Waals surface area contributed by atoms with Crippen LogP contribution in [0.3, 0.4) is 0 Å². The lowest BCUT2D eigenvalue weighted by atomic mass is 10.0. The molecule has 1 rings (SSSR count). The Morgan fingerprint density at radius 2 is 2.20 bits per heavy atom. The third-order valence-electron chi connectivity index (χ3n) is 2.23. The van der Waals surface area contributed by atoms with Crippen LogP contribution in [0.5, 0.6) is 0 Å². The van der Waals surface area contributed by atoms with E-state index >= 15 is 0 Å². The molecule has 1 unspecified atom stereocenters.